The summed E-state index contributed by atoms with van der Waals surface area (Å²) in [5.41, 5.74) is 2.10. The number of cyclic esters (lactones) is 1. The van der Waals surface area contributed by atoms with E-state index in [1.165, 1.54) is 0 Å². The topological polar surface area (TPSA) is 46.5 Å². The number of benzene rings is 3. The SMILES string of the molecule is O=C1O[C@](c2ccccc2)(c2ccc(O)cc2)c2ccccc21. The highest BCUT2D eigenvalue weighted by molar-refractivity contribution is 5.96. The molecule has 1 aliphatic rings. The van der Waals surface area contributed by atoms with Gasteiger partial charge >= 0.3 is 5.97 Å². The van der Waals surface area contributed by atoms with E-state index in [-0.39, 0.29) is 11.7 Å². The second kappa shape index (κ2) is 4.99. The maximum Gasteiger partial charge on any atom is 0.340 e. The number of carbonyl (C=O) groups excluding carboxylic acids is 1. The van der Waals surface area contributed by atoms with E-state index in [0.717, 1.165) is 16.7 Å². The number of hydrogen-bond acceptors (Lipinski definition) is 3. The third-order valence-electron chi connectivity index (χ3n) is 4.23. The Labute approximate surface area is 133 Å². The van der Waals surface area contributed by atoms with Gasteiger partial charge in [-0.15, -0.1) is 0 Å². The van der Waals surface area contributed by atoms with Crippen LogP contribution in [0, 0.1) is 0 Å². The van der Waals surface area contributed by atoms with Crippen molar-refractivity contribution in [3.8, 4) is 5.75 Å². The Morgan fingerprint density at radius 2 is 1.35 bits per heavy atom. The first-order chi connectivity index (χ1) is 11.2. The predicted octanol–water partition coefficient (Wildman–Crippen LogP) is 3.85. The molecule has 0 bridgehead atoms. The minimum Gasteiger partial charge on any atom is -0.508 e. The van der Waals surface area contributed by atoms with Crippen LogP contribution in [0.1, 0.15) is 27.0 Å². The molecule has 0 saturated carbocycles. The maximum atomic E-state index is 12.4. The molecule has 23 heavy (non-hydrogen) atoms. The van der Waals surface area contributed by atoms with Crippen molar-refractivity contribution >= 4 is 5.97 Å². The van der Waals surface area contributed by atoms with Gasteiger partial charge in [0.25, 0.3) is 0 Å². The Morgan fingerprint density at radius 1 is 0.739 bits per heavy atom. The highest BCUT2D eigenvalue weighted by Crippen LogP contribution is 2.46. The molecule has 4 rings (SSSR count). The number of ether oxygens (including phenoxy) is 1. The smallest absolute Gasteiger partial charge is 0.340 e. The van der Waals surface area contributed by atoms with Crippen molar-refractivity contribution in [3.05, 3.63) is 101 Å². The highest BCUT2D eigenvalue weighted by Gasteiger charge is 2.48. The number of aromatic hydroxyl groups is 1. The van der Waals surface area contributed by atoms with Gasteiger partial charge in [-0.2, -0.15) is 0 Å². The molecule has 1 N–H and O–H groups in total. The quantitative estimate of drug-likeness (QED) is 0.731. The van der Waals surface area contributed by atoms with Gasteiger partial charge < -0.3 is 9.84 Å². The van der Waals surface area contributed by atoms with E-state index in [9.17, 15) is 9.90 Å². The van der Waals surface area contributed by atoms with Crippen molar-refractivity contribution in [3.63, 3.8) is 0 Å². The van der Waals surface area contributed by atoms with E-state index in [1.807, 2.05) is 48.5 Å². The molecule has 1 atom stereocenters. The van der Waals surface area contributed by atoms with Gasteiger partial charge in [-0.05, 0) is 18.2 Å². The standard InChI is InChI=1S/C20H14O3/c21-16-12-10-15(11-13-16)20(14-6-2-1-3-7-14)18-9-5-4-8-17(18)19(22)23-20/h1-13,21H/t20-/m1/s1. The van der Waals surface area contributed by atoms with Crippen molar-refractivity contribution in [2.24, 2.45) is 0 Å². The number of esters is 1. The van der Waals surface area contributed by atoms with Gasteiger partial charge in [0.15, 0.2) is 5.60 Å². The first kappa shape index (κ1) is 13.6. The van der Waals surface area contributed by atoms with Crippen LogP contribution in [0.5, 0.6) is 5.75 Å². The molecule has 112 valence electrons. The zero-order valence-electron chi connectivity index (χ0n) is 12.3. The predicted molar refractivity (Wildman–Crippen MR) is 86.3 cm³/mol. The summed E-state index contributed by atoms with van der Waals surface area (Å²) in [6.07, 6.45) is 0. The van der Waals surface area contributed by atoms with E-state index in [0.29, 0.717) is 5.56 Å². The van der Waals surface area contributed by atoms with Crippen LogP contribution in [0.3, 0.4) is 0 Å². The van der Waals surface area contributed by atoms with Crippen molar-refractivity contribution in [2.45, 2.75) is 5.60 Å². The van der Waals surface area contributed by atoms with Crippen molar-refractivity contribution in [2.75, 3.05) is 0 Å². The van der Waals surface area contributed by atoms with Crippen molar-refractivity contribution in [1.29, 1.82) is 0 Å². The molecule has 0 unspecified atom stereocenters. The molecule has 3 aromatic rings. The summed E-state index contributed by atoms with van der Waals surface area (Å²) < 4.78 is 5.91. The van der Waals surface area contributed by atoms with Gasteiger partial charge in [0.05, 0.1) is 5.56 Å². The minimum atomic E-state index is -0.983. The van der Waals surface area contributed by atoms with E-state index in [1.54, 1.807) is 30.3 Å². The molecule has 0 radical (unpaired) electrons. The fourth-order valence-electron chi connectivity index (χ4n) is 3.18. The molecule has 0 spiro atoms. The van der Waals surface area contributed by atoms with Gasteiger partial charge in [0.1, 0.15) is 5.75 Å². The lowest BCUT2D eigenvalue weighted by Gasteiger charge is -2.30. The third-order valence-corrected chi connectivity index (χ3v) is 4.23. The second-order valence-corrected chi connectivity index (χ2v) is 5.53. The van der Waals surface area contributed by atoms with Crippen LogP contribution in [0.4, 0.5) is 0 Å². The van der Waals surface area contributed by atoms with Gasteiger partial charge in [-0.3, -0.25) is 0 Å². The number of phenols is 1. The van der Waals surface area contributed by atoms with Crippen LogP contribution in [0.25, 0.3) is 0 Å². The van der Waals surface area contributed by atoms with E-state index in [4.69, 9.17) is 4.74 Å². The number of fused-ring (bicyclic) bond motifs is 1. The zero-order valence-corrected chi connectivity index (χ0v) is 12.3. The fourth-order valence-corrected chi connectivity index (χ4v) is 3.18. The lowest BCUT2D eigenvalue weighted by atomic mass is 9.80. The van der Waals surface area contributed by atoms with Crippen molar-refractivity contribution in [1.82, 2.24) is 0 Å². The molecule has 1 aliphatic heterocycles. The molecule has 0 aromatic heterocycles. The van der Waals surface area contributed by atoms with Crippen LogP contribution in [0.2, 0.25) is 0 Å². The normalized spacial score (nSPS) is 19.2. The lowest BCUT2D eigenvalue weighted by Crippen LogP contribution is -2.29. The first-order valence-corrected chi connectivity index (χ1v) is 7.40. The number of carbonyl (C=O) groups is 1. The summed E-state index contributed by atoms with van der Waals surface area (Å²) in [6.45, 7) is 0. The van der Waals surface area contributed by atoms with E-state index in [2.05, 4.69) is 0 Å². The molecule has 0 amide bonds. The Balaban J connectivity index is 2.04. The maximum absolute atomic E-state index is 12.4. The minimum absolute atomic E-state index is 0.176. The van der Waals surface area contributed by atoms with Gasteiger partial charge in [0.2, 0.25) is 0 Å². The monoisotopic (exact) mass is 302 g/mol. The summed E-state index contributed by atoms with van der Waals surface area (Å²) in [4.78, 5) is 12.4. The number of rotatable bonds is 2. The number of hydrogen-bond donors (Lipinski definition) is 1. The lowest BCUT2D eigenvalue weighted by molar-refractivity contribution is 0.0251. The Bertz CT molecular complexity index is 869. The molecule has 0 aliphatic carbocycles. The molecule has 3 aromatic carbocycles. The van der Waals surface area contributed by atoms with Crippen LogP contribution in [-0.2, 0) is 10.3 Å². The third kappa shape index (κ3) is 1.94. The molecular formula is C20H14O3. The van der Waals surface area contributed by atoms with Crippen molar-refractivity contribution < 1.29 is 14.6 Å². The summed E-state index contributed by atoms with van der Waals surface area (Å²) in [5.74, 6) is -0.160. The van der Waals surface area contributed by atoms with Gasteiger partial charge in [-0.1, -0.05) is 60.7 Å². The van der Waals surface area contributed by atoms with Crippen LogP contribution in [-0.4, -0.2) is 11.1 Å². The van der Waals surface area contributed by atoms with Gasteiger partial charge in [-0.25, -0.2) is 4.79 Å². The van der Waals surface area contributed by atoms with Crippen LogP contribution < -0.4 is 0 Å². The largest absolute Gasteiger partial charge is 0.508 e. The van der Waals surface area contributed by atoms with Crippen LogP contribution in [0.15, 0.2) is 78.9 Å². The molecular weight excluding hydrogens is 288 g/mol. The first-order valence-electron chi connectivity index (χ1n) is 7.40. The summed E-state index contributed by atoms with van der Waals surface area (Å²) in [5, 5.41) is 9.59. The molecule has 3 heteroatoms. The Kier molecular flexibility index (Phi) is 2.95. The summed E-state index contributed by atoms with van der Waals surface area (Å²) in [7, 11) is 0. The van der Waals surface area contributed by atoms with Gasteiger partial charge in [0, 0.05) is 16.7 Å². The summed E-state index contributed by atoms with van der Waals surface area (Å²) in [6, 6.07) is 23.9. The van der Waals surface area contributed by atoms with Crippen LogP contribution >= 0.6 is 0 Å². The van der Waals surface area contributed by atoms with E-state index >= 15 is 0 Å². The molecule has 1 heterocycles. The van der Waals surface area contributed by atoms with E-state index < -0.39 is 5.60 Å². The highest BCUT2D eigenvalue weighted by atomic mass is 16.6. The fraction of sp³-hybridized carbons (Fsp3) is 0.0500. The number of phenolic OH excluding ortho intramolecular Hbond substituents is 1. The molecule has 0 fully saturated rings. The summed E-state index contributed by atoms with van der Waals surface area (Å²) >= 11 is 0. The molecule has 3 nitrogen and oxygen atoms in total. The Morgan fingerprint density at radius 3 is 2.09 bits per heavy atom. The second-order valence-electron chi connectivity index (χ2n) is 5.53. The average molecular weight is 302 g/mol. The molecule has 0 saturated heterocycles. The zero-order chi connectivity index (χ0) is 15.9. The Hall–Kier alpha value is -3.07. The average Bonchev–Trinajstić information content (AvgIpc) is 2.91.